The molecular weight excluding hydrogens is 208 g/mol. The SMILES string of the molecule is CCCNCc1cn(Cc2ncno2)nn1. The van der Waals surface area contributed by atoms with E-state index in [0.29, 0.717) is 12.4 Å². The smallest absolute Gasteiger partial charge is 0.248 e. The predicted octanol–water partition coefficient (Wildman–Crippen LogP) is 0.209. The molecule has 86 valence electrons. The molecule has 2 aromatic heterocycles. The Morgan fingerprint density at radius 1 is 1.50 bits per heavy atom. The predicted molar refractivity (Wildman–Crippen MR) is 55.4 cm³/mol. The van der Waals surface area contributed by atoms with Crippen LogP contribution in [-0.4, -0.2) is 31.7 Å². The summed E-state index contributed by atoms with van der Waals surface area (Å²) in [6.07, 6.45) is 4.35. The fourth-order valence-electron chi connectivity index (χ4n) is 1.29. The summed E-state index contributed by atoms with van der Waals surface area (Å²) in [5.74, 6) is 0.526. The molecule has 0 fully saturated rings. The van der Waals surface area contributed by atoms with Crippen LogP contribution in [0.25, 0.3) is 0 Å². The van der Waals surface area contributed by atoms with Crippen LogP contribution in [-0.2, 0) is 13.1 Å². The molecule has 1 N–H and O–H groups in total. The van der Waals surface area contributed by atoms with Crippen LogP contribution in [0.4, 0.5) is 0 Å². The van der Waals surface area contributed by atoms with Gasteiger partial charge in [0.1, 0.15) is 6.54 Å². The van der Waals surface area contributed by atoms with Crippen molar-refractivity contribution in [1.29, 1.82) is 0 Å². The van der Waals surface area contributed by atoms with Gasteiger partial charge in [0.25, 0.3) is 0 Å². The van der Waals surface area contributed by atoms with Crippen molar-refractivity contribution in [3.63, 3.8) is 0 Å². The van der Waals surface area contributed by atoms with Gasteiger partial charge < -0.3 is 9.84 Å². The highest BCUT2D eigenvalue weighted by Crippen LogP contribution is 1.97. The van der Waals surface area contributed by atoms with Gasteiger partial charge >= 0.3 is 0 Å². The van der Waals surface area contributed by atoms with Crippen molar-refractivity contribution in [2.24, 2.45) is 0 Å². The highest BCUT2D eigenvalue weighted by Gasteiger charge is 2.04. The Hall–Kier alpha value is -1.76. The Kier molecular flexibility index (Phi) is 3.60. The van der Waals surface area contributed by atoms with Gasteiger partial charge in [0, 0.05) is 6.54 Å². The van der Waals surface area contributed by atoms with Gasteiger partial charge in [-0.1, -0.05) is 17.3 Å². The lowest BCUT2D eigenvalue weighted by molar-refractivity contribution is 0.363. The summed E-state index contributed by atoms with van der Waals surface area (Å²) in [4.78, 5) is 3.91. The molecule has 0 aliphatic rings. The van der Waals surface area contributed by atoms with Crippen molar-refractivity contribution in [3.05, 3.63) is 24.1 Å². The number of nitrogens with one attached hydrogen (secondary N) is 1. The van der Waals surface area contributed by atoms with Gasteiger partial charge in [0.05, 0.1) is 11.9 Å². The third-order valence-corrected chi connectivity index (χ3v) is 2.02. The van der Waals surface area contributed by atoms with Crippen molar-refractivity contribution in [3.8, 4) is 0 Å². The lowest BCUT2D eigenvalue weighted by Crippen LogP contribution is -2.13. The first-order chi connectivity index (χ1) is 7.88. The summed E-state index contributed by atoms with van der Waals surface area (Å²) in [6.45, 7) is 4.30. The van der Waals surface area contributed by atoms with E-state index in [1.165, 1.54) is 6.33 Å². The number of rotatable bonds is 6. The summed E-state index contributed by atoms with van der Waals surface area (Å²) < 4.78 is 6.56. The second-order valence-electron chi connectivity index (χ2n) is 3.42. The van der Waals surface area contributed by atoms with E-state index in [9.17, 15) is 0 Å². The van der Waals surface area contributed by atoms with Crippen LogP contribution < -0.4 is 5.32 Å². The largest absolute Gasteiger partial charge is 0.338 e. The zero-order valence-corrected chi connectivity index (χ0v) is 9.13. The first-order valence-corrected chi connectivity index (χ1v) is 5.23. The van der Waals surface area contributed by atoms with Gasteiger partial charge in [-0.3, -0.25) is 0 Å². The average Bonchev–Trinajstić information content (AvgIpc) is 2.91. The molecule has 7 nitrogen and oxygen atoms in total. The topological polar surface area (TPSA) is 81.7 Å². The highest BCUT2D eigenvalue weighted by molar-refractivity contribution is 4.92. The minimum absolute atomic E-state index is 0.459. The van der Waals surface area contributed by atoms with Crippen LogP contribution in [0.5, 0.6) is 0 Å². The Bertz CT molecular complexity index is 409. The first-order valence-electron chi connectivity index (χ1n) is 5.23. The Labute approximate surface area is 92.8 Å². The van der Waals surface area contributed by atoms with E-state index < -0.39 is 0 Å². The van der Waals surface area contributed by atoms with Gasteiger partial charge in [-0.15, -0.1) is 5.10 Å². The first kappa shape index (κ1) is 10.7. The Morgan fingerprint density at radius 3 is 3.19 bits per heavy atom. The van der Waals surface area contributed by atoms with E-state index in [4.69, 9.17) is 4.52 Å². The molecule has 0 bridgehead atoms. The molecule has 0 radical (unpaired) electrons. The van der Waals surface area contributed by atoms with E-state index in [2.05, 4.69) is 32.7 Å². The molecule has 16 heavy (non-hydrogen) atoms. The molecule has 0 saturated carbocycles. The number of hydrogen-bond acceptors (Lipinski definition) is 6. The molecule has 0 aliphatic heterocycles. The van der Waals surface area contributed by atoms with Gasteiger partial charge in [0.2, 0.25) is 5.89 Å². The lowest BCUT2D eigenvalue weighted by Gasteiger charge is -1.97. The number of aromatic nitrogens is 5. The van der Waals surface area contributed by atoms with E-state index in [-0.39, 0.29) is 0 Å². The van der Waals surface area contributed by atoms with Crippen LogP contribution in [0.3, 0.4) is 0 Å². The van der Waals surface area contributed by atoms with Crippen molar-refractivity contribution in [2.45, 2.75) is 26.4 Å². The molecule has 0 atom stereocenters. The van der Waals surface area contributed by atoms with E-state index in [0.717, 1.165) is 25.2 Å². The molecule has 0 aliphatic carbocycles. The maximum absolute atomic E-state index is 4.88. The molecule has 0 saturated heterocycles. The maximum atomic E-state index is 4.88. The van der Waals surface area contributed by atoms with Gasteiger partial charge in [-0.2, -0.15) is 4.98 Å². The summed E-state index contributed by atoms with van der Waals surface area (Å²) in [6, 6.07) is 0. The molecule has 0 amide bonds. The Balaban J connectivity index is 1.87. The average molecular weight is 222 g/mol. The standard InChI is InChI=1S/C9H14N6O/c1-2-3-10-4-8-5-15(14-13-8)6-9-11-7-12-16-9/h5,7,10H,2-4,6H2,1H3. The van der Waals surface area contributed by atoms with Crippen LogP contribution in [0, 0.1) is 0 Å². The molecular formula is C9H14N6O. The zero-order valence-electron chi connectivity index (χ0n) is 9.13. The van der Waals surface area contributed by atoms with E-state index in [1.54, 1.807) is 4.68 Å². The quantitative estimate of drug-likeness (QED) is 0.703. The summed E-state index contributed by atoms with van der Waals surface area (Å²) >= 11 is 0. The second-order valence-corrected chi connectivity index (χ2v) is 3.42. The third-order valence-electron chi connectivity index (χ3n) is 2.02. The van der Waals surface area contributed by atoms with Crippen molar-refractivity contribution in [1.82, 2.24) is 30.5 Å². The molecule has 0 spiro atoms. The van der Waals surface area contributed by atoms with Crippen LogP contribution >= 0.6 is 0 Å². The summed E-state index contributed by atoms with van der Waals surface area (Å²) in [7, 11) is 0. The van der Waals surface area contributed by atoms with Crippen molar-refractivity contribution < 1.29 is 4.52 Å². The maximum Gasteiger partial charge on any atom is 0.248 e. The minimum Gasteiger partial charge on any atom is -0.338 e. The third kappa shape index (κ3) is 2.86. The van der Waals surface area contributed by atoms with Crippen molar-refractivity contribution in [2.75, 3.05) is 6.54 Å². The summed E-state index contributed by atoms with van der Waals surface area (Å²) in [5.41, 5.74) is 0.910. The number of hydrogen-bond donors (Lipinski definition) is 1. The van der Waals surface area contributed by atoms with Crippen LogP contribution in [0.2, 0.25) is 0 Å². The molecule has 2 rings (SSSR count). The highest BCUT2D eigenvalue weighted by atomic mass is 16.5. The fourth-order valence-corrected chi connectivity index (χ4v) is 1.29. The minimum atomic E-state index is 0.459. The van der Waals surface area contributed by atoms with E-state index in [1.807, 2.05) is 6.20 Å². The second kappa shape index (κ2) is 5.36. The van der Waals surface area contributed by atoms with Crippen LogP contribution in [0.15, 0.2) is 17.0 Å². The van der Waals surface area contributed by atoms with Crippen LogP contribution in [0.1, 0.15) is 24.9 Å². The fraction of sp³-hybridized carbons (Fsp3) is 0.556. The Morgan fingerprint density at radius 2 is 2.44 bits per heavy atom. The molecule has 2 aromatic rings. The molecule has 0 aromatic carbocycles. The lowest BCUT2D eigenvalue weighted by atomic mass is 10.4. The van der Waals surface area contributed by atoms with E-state index >= 15 is 0 Å². The van der Waals surface area contributed by atoms with Gasteiger partial charge in [-0.05, 0) is 13.0 Å². The molecule has 7 heteroatoms. The van der Waals surface area contributed by atoms with Crippen molar-refractivity contribution >= 4 is 0 Å². The van der Waals surface area contributed by atoms with Gasteiger partial charge in [0.15, 0.2) is 6.33 Å². The monoisotopic (exact) mass is 222 g/mol. The number of nitrogens with zero attached hydrogens (tertiary/aromatic N) is 5. The molecule has 2 heterocycles. The molecule has 0 unspecified atom stereocenters. The normalized spacial score (nSPS) is 10.8. The zero-order chi connectivity index (χ0) is 11.2. The van der Waals surface area contributed by atoms with Gasteiger partial charge in [-0.25, -0.2) is 4.68 Å². The summed E-state index contributed by atoms with van der Waals surface area (Å²) in [5, 5.41) is 14.8.